The number of carbonyl (C=O) groups is 1. The van der Waals surface area contributed by atoms with E-state index in [0.29, 0.717) is 19.6 Å². The van der Waals surface area contributed by atoms with Gasteiger partial charge in [-0.3, -0.25) is 4.79 Å². The number of carbonyl (C=O) groups excluding carboxylic acids is 1. The Morgan fingerprint density at radius 1 is 0.705 bits per heavy atom. The number of hydrogen-bond acceptors (Lipinski definition) is 10. The van der Waals surface area contributed by atoms with E-state index in [9.17, 15) is 30.3 Å². The fraction of sp³-hybridized carbons (Fsp3) is 0.380. The maximum Gasteiger partial charge on any atom is 0.297 e. The summed E-state index contributed by atoms with van der Waals surface area (Å²) < 4.78 is 17.1. The van der Waals surface area contributed by atoms with Crippen LogP contribution >= 0.6 is 0 Å². The first-order valence-electron chi connectivity index (χ1n) is 19.0. The van der Waals surface area contributed by atoms with Gasteiger partial charge in [0.15, 0.2) is 6.29 Å². The fourth-order valence-corrected chi connectivity index (χ4v) is 4.90. The Morgan fingerprint density at radius 2 is 1.21 bits per heavy atom. The molecule has 1 saturated heterocycles. The minimum absolute atomic E-state index is 0.0870. The summed E-state index contributed by atoms with van der Waals surface area (Å²) in [5.41, 5.74) is 6.45. The third-order valence-electron chi connectivity index (χ3n) is 7.94. The van der Waals surface area contributed by atoms with Gasteiger partial charge in [0, 0.05) is 48.0 Å². The molecule has 1 aromatic carbocycles. The number of unbranched alkanes of at least 4 members (excludes halogenated alkanes) is 3. The van der Waals surface area contributed by atoms with Gasteiger partial charge < -0.3 is 50.8 Å². The Balaban J connectivity index is 2.00. The minimum atomic E-state index is -1.68. The molecule has 1 aliphatic heterocycles. The smallest absolute Gasteiger partial charge is 0.297 e. The third kappa shape index (κ3) is 23.3. The summed E-state index contributed by atoms with van der Waals surface area (Å²) in [6, 6.07) is 8.05. The van der Waals surface area contributed by atoms with Crippen LogP contribution in [0.25, 0.3) is 0 Å². The predicted molar refractivity (Wildman–Crippen MR) is 229 cm³/mol. The highest BCUT2D eigenvalue weighted by atomic mass is 16.7. The first-order chi connectivity index (χ1) is 29.8. The second-order valence-electron chi connectivity index (χ2n) is 12.4. The van der Waals surface area contributed by atoms with Crippen LogP contribution in [0.15, 0.2) is 30.3 Å². The molecule has 0 aromatic heterocycles. The van der Waals surface area contributed by atoms with Crippen molar-refractivity contribution >= 4 is 5.91 Å². The second kappa shape index (κ2) is 32.9. The fourth-order valence-electron chi connectivity index (χ4n) is 4.90. The summed E-state index contributed by atoms with van der Waals surface area (Å²) in [6.07, 6.45) is -6.03. The number of hydrogen-bond donors (Lipinski definition) is 7. The molecule has 8 N–H and O–H groups in total. The van der Waals surface area contributed by atoms with Gasteiger partial charge in [-0.05, 0) is 139 Å². The highest BCUT2D eigenvalue weighted by Gasteiger charge is 2.45. The maximum absolute atomic E-state index is 12.8. The third-order valence-corrected chi connectivity index (χ3v) is 7.94. The van der Waals surface area contributed by atoms with E-state index in [4.69, 9.17) is 19.9 Å². The number of rotatable bonds is 17. The molecule has 1 fully saturated rings. The van der Waals surface area contributed by atoms with Gasteiger partial charge in [0.25, 0.3) is 5.91 Å². The monoisotopic (exact) mass is 816 g/mol. The SMILES string of the molecule is CC#CC#CC#CC#CC#CC#CC#CC#CC#CC#CC#CC#CC(=O)N[C@@H](COC1OC(COCCCCCCN)C(O)C(O)C1O)[C@H](O)[C@H](O)CCc1ccccc1. The van der Waals surface area contributed by atoms with Crippen LogP contribution in [0.2, 0.25) is 0 Å². The van der Waals surface area contributed by atoms with E-state index in [1.54, 1.807) is 6.92 Å². The van der Waals surface area contributed by atoms with E-state index in [2.05, 4.69) is 147 Å². The molecule has 1 heterocycles. The van der Waals surface area contributed by atoms with E-state index < -0.39 is 61.5 Å². The van der Waals surface area contributed by atoms with Gasteiger partial charge in [-0.15, -0.1) is 0 Å². The van der Waals surface area contributed by atoms with Crippen molar-refractivity contribution in [3.05, 3.63) is 35.9 Å². The van der Waals surface area contributed by atoms with Crippen LogP contribution in [0.3, 0.4) is 0 Å². The van der Waals surface area contributed by atoms with Crippen molar-refractivity contribution in [1.82, 2.24) is 5.32 Å². The summed E-state index contributed by atoms with van der Waals surface area (Å²) in [5.74, 6) is 58.5. The summed E-state index contributed by atoms with van der Waals surface area (Å²) >= 11 is 0. The van der Waals surface area contributed by atoms with Crippen molar-refractivity contribution in [3.8, 4) is 142 Å². The van der Waals surface area contributed by atoms with E-state index in [1.807, 2.05) is 30.3 Å². The average Bonchev–Trinajstić information content (AvgIpc) is 3.27. The van der Waals surface area contributed by atoms with E-state index >= 15 is 0 Å². The lowest BCUT2D eigenvalue weighted by molar-refractivity contribution is -0.304. The molecule has 1 aliphatic rings. The maximum atomic E-state index is 12.8. The molecule has 11 heteroatoms. The molecule has 61 heavy (non-hydrogen) atoms. The zero-order chi connectivity index (χ0) is 44.2. The van der Waals surface area contributed by atoms with Gasteiger partial charge >= 0.3 is 0 Å². The van der Waals surface area contributed by atoms with Crippen LogP contribution in [0, 0.1) is 142 Å². The Morgan fingerprint density at radius 3 is 1.74 bits per heavy atom. The number of nitrogens with two attached hydrogens (primary N) is 1. The first kappa shape index (κ1) is 50.2. The molecule has 0 aliphatic carbocycles. The lowest BCUT2D eigenvalue weighted by Crippen LogP contribution is -2.60. The van der Waals surface area contributed by atoms with Gasteiger partial charge in [-0.25, -0.2) is 0 Å². The molecule has 308 valence electrons. The van der Waals surface area contributed by atoms with Crippen molar-refractivity contribution < 1.29 is 44.5 Å². The molecule has 1 amide bonds. The summed E-state index contributed by atoms with van der Waals surface area (Å²) in [4.78, 5) is 12.8. The molecule has 5 unspecified atom stereocenters. The van der Waals surface area contributed by atoms with Crippen LogP contribution in [0.5, 0.6) is 0 Å². The Hall–Kier alpha value is -6.95. The number of benzene rings is 1. The van der Waals surface area contributed by atoms with Gasteiger partial charge in [0.1, 0.15) is 30.5 Å². The normalized spacial score (nSPS) is 17.6. The van der Waals surface area contributed by atoms with Crippen LogP contribution in [-0.4, -0.2) is 107 Å². The number of aliphatic hydroxyl groups excluding tert-OH is 5. The van der Waals surface area contributed by atoms with Crippen LogP contribution in [0.1, 0.15) is 44.6 Å². The number of amides is 1. The van der Waals surface area contributed by atoms with Gasteiger partial charge in [0.2, 0.25) is 0 Å². The molecular formula is C50H44N2O9. The number of ether oxygens (including phenoxy) is 3. The molecule has 2 rings (SSSR count). The van der Waals surface area contributed by atoms with Crippen LogP contribution in [-0.2, 0) is 25.4 Å². The largest absolute Gasteiger partial charge is 0.390 e. The van der Waals surface area contributed by atoms with Gasteiger partial charge in [0.05, 0.1) is 25.4 Å². The van der Waals surface area contributed by atoms with Crippen molar-refractivity contribution in [3.63, 3.8) is 0 Å². The summed E-state index contributed by atoms with van der Waals surface area (Å²) in [5, 5.41) is 56.1. The van der Waals surface area contributed by atoms with Crippen molar-refractivity contribution in [2.75, 3.05) is 26.4 Å². The minimum Gasteiger partial charge on any atom is -0.390 e. The number of aliphatic hydroxyl groups is 5. The zero-order valence-electron chi connectivity index (χ0n) is 33.5. The van der Waals surface area contributed by atoms with Crippen molar-refractivity contribution in [1.29, 1.82) is 0 Å². The average molecular weight is 817 g/mol. The number of nitrogens with one attached hydrogen (secondary N) is 1. The highest BCUT2D eigenvalue weighted by Crippen LogP contribution is 2.23. The van der Waals surface area contributed by atoms with E-state index in [1.165, 1.54) is 0 Å². The Kier molecular flexibility index (Phi) is 27.1. The van der Waals surface area contributed by atoms with Crippen molar-refractivity contribution in [2.45, 2.75) is 94.4 Å². The molecule has 0 bridgehead atoms. The highest BCUT2D eigenvalue weighted by molar-refractivity contribution is 5.94. The summed E-state index contributed by atoms with van der Waals surface area (Å²) in [7, 11) is 0. The summed E-state index contributed by atoms with van der Waals surface area (Å²) in [6.45, 7) is 2.11. The topological polar surface area (TPSA) is 184 Å². The van der Waals surface area contributed by atoms with E-state index in [-0.39, 0.29) is 13.0 Å². The first-order valence-corrected chi connectivity index (χ1v) is 19.0. The standard InChI is InChI=1S/C50H44N2O9/c1-2-3-4-5-6-7-8-9-10-11-12-13-14-15-16-17-18-19-20-21-22-23-29-34-45(54)52-42(46(55)43(53)36-35-41-32-27-26-28-33-41)39-60-50-49(58)48(57)47(56)44(61-50)40-59-38-31-25-24-30-37-51/h26-28,32-33,42-44,46-50,53,55-58H,24-25,30-31,35-40,51H2,1H3,(H,52,54)/t42-,43+,44?,46-,47?,48?,49?,50?/m0/s1. The lowest BCUT2D eigenvalue weighted by atomic mass is 9.98. The zero-order valence-corrected chi connectivity index (χ0v) is 33.5. The molecule has 8 atom stereocenters. The predicted octanol–water partition coefficient (Wildman–Crippen LogP) is -0.754. The molecule has 11 nitrogen and oxygen atoms in total. The lowest BCUT2D eigenvalue weighted by Gasteiger charge is -2.40. The van der Waals surface area contributed by atoms with Crippen molar-refractivity contribution in [2.24, 2.45) is 5.73 Å². The molecule has 0 spiro atoms. The van der Waals surface area contributed by atoms with Crippen LogP contribution in [0.4, 0.5) is 0 Å². The quantitative estimate of drug-likeness (QED) is 0.0781. The molecular weight excluding hydrogens is 773 g/mol. The Bertz CT molecular complexity index is 2380. The Labute approximate surface area is 359 Å². The van der Waals surface area contributed by atoms with Gasteiger partial charge in [-0.2, -0.15) is 0 Å². The molecule has 0 saturated carbocycles. The molecule has 0 radical (unpaired) electrons. The van der Waals surface area contributed by atoms with Crippen LogP contribution < -0.4 is 11.1 Å². The van der Waals surface area contributed by atoms with Gasteiger partial charge in [-0.1, -0.05) is 49.1 Å². The molecule has 1 aromatic rings. The second-order valence-corrected chi connectivity index (χ2v) is 12.4. The van der Waals surface area contributed by atoms with E-state index in [0.717, 1.165) is 31.2 Å². The number of aryl methyl sites for hydroxylation is 1.